The molecule has 1 saturated heterocycles. The van der Waals surface area contributed by atoms with Crippen LogP contribution in [0.25, 0.3) is 0 Å². The van der Waals surface area contributed by atoms with E-state index in [1.807, 2.05) is 18.3 Å². The van der Waals surface area contributed by atoms with Crippen molar-refractivity contribution in [1.82, 2.24) is 14.8 Å². The van der Waals surface area contributed by atoms with Crippen LogP contribution in [-0.2, 0) is 11.2 Å². The number of piperazine rings is 1. The van der Waals surface area contributed by atoms with Crippen molar-refractivity contribution in [3.8, 4) is 0 Å². The lowest BCUT2D eigenvalue weighted by Gasteiger charge is -2.38. The highest BCUT2D eigenvalue weighted by Crippen LogP contribution is 2.22. The molecule has 4 nitrogen and oxygen atoms in total. The number of rotatable bonds is 6. The molecule has 4 heteroatoms. The Morgan fingerprint density at radius 3 is 2.46 bits per heavy atom. The van der Waals surface area contributed by atoms with E-state index in [0.717, 1.165) is 44.7 Å². The molecule has 0 spiro atoms. The normalized spacial score (nSPS) is 17.5. The maximum Gasteiger partial charge on any atom is 0.151 e. The van der Waals surface area contributed by atoms with Crippen molar-refractivity contribution in [2.24, 2.45) is 0 Å². The lowest BCUT2D eigenvalue weighted by molar-refractivity contribution is -0.123. The quantitative estimate of drug-likeness (QED) is 0.819. The second kappa shape index (κ2) is 8.18. The first kappa shape index (κ1) is 16.8. The molecular weight excluding hydrogens is 298 g/mol. The number of hydrogen-bond acceptors (Lipinski definition) is 4. The minimum Gasteiger partial charge on any atom is -0.300 e. The van der Waals surface area contributed by atoms with E-state index in [1.54, 1.807) is 13.1 Å². The van der Waals surface area contributed by atoms with Gasteiger partial charge in [0.05, 0.1) is 6.04 Å². The van der Waals surface area contributed by atoms with Crippen molar-refractivity contribution in [3.05, 3.63) is 66.0 Å². The molecular formula is C20H25N3O. The van der Waals surface area contributed by atoms with Gasteiger partial charge in [0.1, 0.15) is 0 Å². The molecule has 1 aromatic heterocycles. The molecule has 0 amide bonds. The summed E-state index contributed by atoms with van der Waals surface area (Å²) in [6, 6.07) is 14.4. The third-order valence-electron chi connectivity index (χ3n) is 4.72. The average molecular weight is 323 g/mol. The molecule has 1 atom stereocenters. The van der Waals surface area contributed by atoms with Gasteiger partial charge in [0.25, 0.3) is 0 Å². The lowest BCUT2D eigenvalue weighted by Crippen LogP contribution is -2.49. The number of Topliss-reactive ketones (excluding diaryl/α,β-unsaturated/α-hetero) is 1. The van der Waals surface area contributed by atoms with Gasteiger partial charge < -0.3 is 4.90 Å². The van der Waals surface area contributed by atoms with E-state index in [-0.39, 0.29) is 11.8 Å². The third kappa shape index (κ3) is 4.28. The molecule has 24 heavy (non-hydrogen) atoms. The number of carbonyl (C=O) groups excluding carboxylic acids is 1. The van der Waals surface area contributed by atoms with Gasteiger partial charge in [-0.3, -0.25) is 14.7 Å². The van der Waals surface area contributed by atoms with Gasteiger partial charge in [-0.1, -0.05) is 36.4 Å². The van der Waals surface area contributed by atoms with Crippen molar-refractivity contribution in [2.75, 3.05) is 32.7 Å². The standard InChI is InChI=1S/C20H25N3O/c1-17(24)20(19-8-5-10-21-16-19)23-14-12-22(13-15-23)11-9-18-6-3-2-4-7-18/h2-8,10,16,20H,9,11-15H2,1H3. The van der Waals surface area contributed by atoms with Crippen LogP contribution < -0.4 is 0 Å². The molecule has 2 heterocycles. The van der Waals surface area contributed by atoms with Crippen LogP contribution in [0.1, 0.15) is 24.1 Å². The first-order valence-electron chi connectivity index (χ1n) is 8.65. The van der Waals surface area contributed by atoms with E-state index in [0.29, 0.717) is 0 Å². The summed E-state index contributed by atoms with van der Waals surface area (Å²) in [6.45, 7) is 6.63. The highest BCUT2D eigenvalue weighted by molar-refractivity contribution is 5.82. The van der Waals surface area contributed by atoms with Crippen LogP contribution in [-0.4, -0.2) is 53.3 Å². The Labute approximate surface area is 144 Å². The largest absolute Gasteiger partial charge is 0.300 e. The first-order valence-corrected chi connectivity index (χ1v) is 8.65. The Kier molecular flexibility index (Phi) is 5.72. The number of aromatic nitrogens is 1. The minimum absolute atomic E-state index is 0.157. The van der Waals surface area contributed by atoms with Gasteiger partial charge in [-0.2, -0.15) is 0 Å². The summed E-state index contributed by atoms with van der Waals surface area (Å²) in [5.41, 5.74) is 2.39. The van der Waals surface area contributed by atoms with Gasteiger partial charge >= 0.3 is 0 Å². The molecule has 1 fully saturated rings. The fourth-order valence-corrected chi connectivity index (χ4v) is 3.42. The maximum atomic E-state index is 12.2. The van der Waals surface area contributed by atoms with E-state index < -0.39 is 0 Å². The Hall–Kier alpha value is -2.04. The molecule has 3 rings (SSSR count). The zero-order valence-electron chi connectivity index (χ0n) is 14.3. The Bertz CT molecular complexity index is 636. The van der Waals surface area contributed by atoms with E-state index in [1.165, 1.54) is 5.56 Å². The number of pyridine rings is 1. The summed E-state index contributed by atoms with van der Waals surface area (Å²) in [5.74, 6) is 0.195. The Balaban J connectivity index is 1.54. The molecule has 0 radical (unpaired) electrons. The number of nitrogens with zero attached hydrogens (tertiary/aromatic N) is 3. The van der Waals surface area contributed by atoms with Crippen LogP contribution >= 0.6 is 0 Å². The summed E-state index contributed by atoms with van der Waals surface area (Å²) in [7, 11) is 0. The van der Waals surface area contributed by atoms with Crippen LogP contribution in [0.3, 0.4) is 0 Å². The van der Waals surface area contributed by atoms with Gasteiger partial charge in [-0.05, 0) is 30.5 Å². The summed E-state index contributed by atoms with van der Waals surface area (Å²) in [4.78, 5) is 21.1. The van der Waals surface area contributed by atoms with Gasteiger partial charge in [-0.25, -0.2) is 0 Å². The molecule has 1 aliphatic rings. The summed E-state index contributed by atoms with van der Waals surface area (Å²) in [6.07, 6.45) is 4.65. The third-order valence-corrected chi connectivity index (χ3v) is 4.72. The fourth-order valence-electron chi connectivity index (χ4n) is 3.42. The van der Waals surface area contributed by atoms with Gasteiger partial charge in [0, 0.05) is 45.1 Å². The van der Waals surface area contributed by atoms with Crippen LogP contribution in [0.4, 0.5) is 0 Å². The molecule has 0 N–H and O–H groups in total. The predicted molar refractivity (Wildman–Crippen MR) is 95.8 cm³/mol. The lowest BCUT2D eigenvalue weighted by atomic mass is 10.0. The fraction of sp³-hybridized carbons (Fsp3) is 0.400. The van der Waals surface area contributed by atoms with Crippen molar-refractivity contribution in [3.63, 3.8) is 0 Å². The van der Waals surface area contributed by atoms with E-state index >= 15 is 0 Å². The van der Waals surface area contributed by atoms with Gasteiger partial charge in [-0.15, -0.1) is 0 Å². The minimum atomic E-state index is -0.157. The van der Waals surface area contributed by atoms with Gasteiger partial charge in [0.2, 0.25) is 0 Å². The second-order valence-electron chi connectivity index (χ2n) is 6.41. The Morgan fingerprint density at radius 1 is 1.08 bits per heavy atom. The number of ketones is 1. The highest BCUT2D eigenvalue weighted by Gasteiger charge is 2.28. The molecule has 0 bridgehead atoms. The average Bonchev–Trinajstić information content (AvgIpc) is 2.63. The van der Waals surface area contributed by atoms with Crippen molar-refractivity contribution in [1.29, 1.82) is 0 Å². The molecule has 126 valence electrons. The van der Waals surface area contributed by atoms with E-state index in [9.17, 15) is 4.79 Å². The topological polar surface area (TPSA) is 36.4 Å². The van der Waals surface area contributed by atoms with Crippen LogP contribution in [0.2, 0.25) is 0 Å². The van der Waals surface area contributed by atoms with E-state index in [4.69, 9.17) is 0 Å². The molecule has 2 aromatic rings. The SMILES string of the molecule is CC(=O)C(c1cccnc1)N1CCN(CCc2ccccc2)CC1. The van der Waals surface area contributed by atoms with Crippen molar-refractivity contribution < 1.29 is 4.79 Å². The molecule has 0 saturated carbocycles. The highest BCUT2D eigenvalue weighted by atomic mass is 16.1. The second-order valence-corrected chi connectivity index (χ2v) is 6.41. The predicted octanol–water partition coefficient (Wildman–Crippen LogP) is 2.57. The summed E-state index contributed by atoms with van der Waals surface area (Å²) < 4.78 is 0. The maximum absolute atomic E-state index is 12.2. The monoisotopic (exact) mass is 323 g/mol. The van der Waals surface area contributed by atoms with Crippen LogP contribution in [0.15, 0.2) is 54.9 Å². The van der Waals surface area contributed by atoms with Crippen molar-refractivity contribution in [2.45, 2.75) is 19.4 Å². The first-order chi connectivity index (χ1) is 11.7. The number of carbonyl (C=O) groups is 1. The van der Waals surface area contributed by atoms with Crippen molar-refractivity contribution >= 4 is 5.78 Å². The van der Waals surface area contributed by atoms with E-state index in [2.05, 4.69) is 45.1 Å². The number of hydrogen-bond donors (Lipinski definition) is 0. The van der Waals surface area contributed by atoms with Crippen LogP contribution in [0.5, 0.6) is 0 Å². The summed E-state index contributed by atoms with van der Waals surface area (Å²) in [5, 5.41) is 0. The summed E-state index contributed by atoms with van der Waals surface area (Å²) >= 11 is 0. The molecule has 1 unspecified atom stereocenters. The molecule has 1 aliphatic heterocycles. The molecule has 0 aliphatic carbocycles. The smallest absolute Gasteiger partial charge is 0.151 e. The number of benzene rings is 1. The zero-order valence-corrected chi connectivity index (χ0v) is 14.3. The van der Waals surface area contributed by atoms with Gasteiger partial charge in [0.15, 0.2) is 5.78 Å². The zero-order chi connectivity index (χ0) is 16.8. The Morgan fingerprint density at radius 2 is 1.83 bits per heavy atom. The van der Waals surface area contributed by atoms with Crippen LogP contribution in [0, 0.1) is 0 Å². The molecule has 1 aromatic carbocycles.